The van der Waals surface area contributed by atoms with Gasteiger partial charge in [0.1, 0.15) is 0 Å². The summed E-state index contributed by atoms with van der Waals surface area (Å²) in [5.74, 6) is 0.0933. The normalized spacial score (nSPS) is 21.2. The van der Waals surface area contributed by atoms with Crippen molar-refractivity contribution in [1.29, 1.82) is 0 Å². The molecule has 4 nitrogen and oxygen atoms in total. The van der Waals surface area contributed by atoms with Crippen LogP contribution in [0.3, 0.4) is 0 Å². The average Bonchev–Trinajstić information content (AvgIpc) is 2.46. The summed E-state index contributed by atoms with van der Waals surface area (Å²) < 4.78 is 26.0. The zero-order valence-electron chi connectivity index (χ0n) is 10.4. The number of aliphatic hydroxyl groups is 1. The highest BCUT2D eigenvalue weighted by molar-refractivity contribution is 7.89. The zero-order chi connectivity index (χ0) is 12.4. The lowest BCUT2D eigenvalue weighted by molar-refractivity contribution is 0.0531. The molecule has 0 bridgehead atoms. The first-order chi connectivity index (χ1) is 7.12. The minimum Gasteiger partial charge on any atom is -0.389 e. The van der Waals surface area contributed by atoms with E-state index in [0.717, 1.165) is 12.8 Å². The molecule has 0 aliphatic heterocycles. The fourth-order valence-corrected chi connectivity index (χ4v) is 3.81. The van der Waals surface area contributed by atoms with Crippen molar-refractivity contribution in [3.05, 3.63) is 0 Å². The van der Waals surface area contributed by atoms with Gasteiger partial charge in [-0.3, -0.25) is 0 Å². The molecule has 1 aliphatic rings. The summed E-state index contributed by atoms with van der Waals surface area (Å²) >= 11 is 0. The Morgan fingerprint density at radius 2 is 1.75 bits per heavy atom. The van der Waals surface area contributed by atoms with Gasteiger partial charge in [0.15, 0.2) is 0 Å². The van der Waals surface area contributed by atoms with Crippen LogP contribution in [-0.2, 0) is 10.0 Å². The van der Waals surface area contributed by atoms with E-state index in [9.17, 15) is 13.5 Å². The Bertz CT molecular complexity index is 324. The molecule has 1 saturated carbocycles. The predicted octanol–water partition coefficient (Wildman–Crippen LogP) is 1.26. The number of rotatable bonds is 4. The molecule has 0 radical (unpaired) electrons. The molecular formula is C11H23NO3S. The Morgan fingerprint density at radius 3 is 2.19 bits per heavy atom. The second-order valence-electron chi connectivity index (χ2n) is 6.07. The van der Waals surface area contributed by atoms with Gasteiger partial charge in [0.25, 0.3) is 0 Å². The average molecular weight is 249 g/mol. The summed E-state index contributed by atoms with van der Waals surface area (Å²) in [7, 11) is -3.27. The van der Waals surface area contributed by atoms with Crippen LogP contribution >= 0.6 is 0 Å². The van der Waals surface area contributed by atoms with E-state index < -0.39 is 15.6 Å². The van der Waals surface area contributed by atoms with Crippen molar-refractivity contribution < 1.29 is 13.5 Å². The molecule has 5 heteroatoms. The molecule has 0 unspecified atom stereocenters. The van der Waals surface area contributed by atoms with Crippen LogP contribution in [0, 0.1) is 5.41 Å². The Labute approximate surface area is 98.5 Å². The molecule has 16 heavy (non-hydrogen) atoms. The van der Waals surface area contributed by atoms with Crippen LogP contribution in [0.4, 0.5) is 0 Å². The van der Waals surface area contributed by atoms with Gasteiger partial charge in [-0.25, -0.2) is 13.1 Å². The van der Waals surface area contributed by atoms with Gasteiger partial charge < -0.3 is 5.11 Å². The third-order valence-electron chi connectivity index (χ3n) is 2.78. The number of hydrogen-bond acceptors (Lipinski definition) is 3. The molecule has 1 aliphatic carbocycles. The molecular weight excluding hydrogens is 226 g/mol. The SMILES string of the molecule is CC(C)(C)CS(=O)(=O)NCC1(O)CCCC1. The molecule has 0 aromatic carbocycles. The van der Waals surface area contributed by atoms with Gasteiger partial charge in [-0.05, 0) is 18.3 Å². The van der Waals surface area contributed by atoms with E-state index in [-0.39, 0.29) is 17.7 Å². The van der Waals surface area contributed by atoms with Gasteiger partial charge >= 0.3 is 0 Å². The van der Waals surface area contributed by atoms with Crippen molar-refractivity contribution >= 4 is 10.0 Å². The van der Waals surface area contributed by atoms with E-state index in [1.165, 1.54) is 0 Å². The van der Waals surface area contributed by atoms with E-state index >= 15 is 0 Å². The summed E-state index contributed by atoms with van der Waals surface area (Å²) in [5, 5.41) is 10.0. The zero-order valence-corrected chi connectivity index (χ0v) is 11.2. The minimum atomic E-state index is -3.27. The van der Waals surface area contributed by atoms with Crippen LogP contribution in [0.1, 0.15) is 46.5 Å². The first-order valence-electron chi connectivity index (χ1n) is 5.82. The van der Waals surface area contributed by atoms with Crippen LogP contribution in [0.2, 0.25) is 0 Å². The number of nitrogens with one attached hydrogen (secondary N) is 1. The quantitative estimate of drug-likeness (QED) is 0.788. The van der Waals surface area contributed by atoms with E-state index in [0.29, 0.717) is 12.8 Å². The molecule has 1 fully saturated rings. The van der Waals surface area contributed by atoms with E-state index in [4.69, 9.17) is 0 Å². The van der Waals surface area contributed by atoms with Crippen molar-refractivity contribution in [2.24, 2.45) is 5.41 Å². The van der Waals surface area contributed by atoms with Crippen LogP contribution in [0.5, 0.6) is 0 Å². The van der Waals surface area contributed by atoms with Gasteiger partial charge in [-0.15, -0.1) is 0 Å². The van der Waals surface area contributed by atoms with Crippen molar-refractivity contribution in [3.8, 4) is 0 Å². The molecule has 0 heterocycles. The summed E-state index contributed by atoms with van der Waals surface area (Å²) in [6.07, 6.45) is 3.37. The highest BCUT2D eigenvalue weighted by atomic mass is 32.2. The predicted molar refractivity (Wildman–Crippen MR) is 64.7 cm³/mol. The summed E-state index contributed by atoms with van der Waals surface area (Å²) in [5.41, 5.74) is -1.07. The van der Waals surface area contributed by atoms with Gasteiger partial charge in [0.2, 0.25) is 10.0 Å². The fourth-order valence-electron chi connectivity index (χ4n) is 2.08. The molecule has 0 atom stereocenters. The molecule has 0 aromatic heterocycles. The topological polar surface area (TPSA) is 66.4 Å². The van der Waals surface area contributed by atoms with Crippen molar-refractivity contribution in [2.75, 3.05) is 12.3 Å². The smallest absolute Gasteiger partial charge is 0.212 e. The van der Waals surface area contributed by atoms with Gasteiger partial charge in [-0.1, -0.05) is 33.6 Å². The highest BCUT2D eigenvalue weighted by Gasteiger charge is 2.33. The van der Waals surface area contributed by atoms with Gasteiger partial charge in [0, 0.05) is 6.54 Å². The van der Waals surface area contributed by atoms with E-state index in [1.54, 1.807) is 0 Å². The largest absolute Gasteiger partial charge is 0.389 e. The van der Waals surface area contributed by atoms with Crippen LogP contribution in [-0.4, -0.2) is 31.4 Å². The Kier molecular flexibility index (Phi) is 4.03. The lowest BCUT2D eigenvalue weighted by Gasteiger charge is -2.24. The number of hydrogen-bond donors (Lipinski definition) is 2. The number of sulfonamides is 1. The van der Waals surface area contributed by atoms with Gasteiger partial charge in [0.05, 0.1) is 11.4 Å². The Morgan fingerprint density at radius 1 is 1.25 bits per heavy atom. The monoisotopic (exact) mass is 249 g/mol. The molecule has 1 rings (SSSR count). The highest BCUT2D eigenvalue weighted by Crippen LogP contribution is 2.28. The molecule has 0 saturated heterocycles. The van der Waals surface area contributed by atoms with E-state index in [2.05, 4.69) is 4.72 Å². The fraction of sp³-hybridized carbons (Fsp3) is 1.00. The van der Waals surface area contributed by atoms with Crippen LogP contribution < -0.4 is 4.72 Å². The van der Waals surface area contributed by atoms with Crippen molar-refractivity contribution in [3.63, 3.8) is 0 Å². The lowest BCUT2D eigenvalue weighted by atomic mass is 10.0. The third kappa shape index (κ3) is 4.80. The molecule has 0 spiro atoms. The summed E-state index contributed by atoms with van der Waals surface area (Å²) in [4.78, 5) is 0. The van der Waals surface area contributed by atoms with Crippen molar-refractivity contribution in [2.45, 2.75) is 52.1 Å². The molecule has 0 amide bonds. The lowest BCUT2D eigenvalue weighted by Crippen LogP contribution is -2.43. The summed E-state index contributed by atoms with van der Waals surface area (Å²) in [6.45, 7) is 5.81. The minimum absolute atomic E-state index is 0.0933. The second kappa shape index (κ2) is 4.63. The molecule has 96 valence electrons. The molecule has 0 aromatic rings. The maximum Gasteiger partial charge on any atom is 0.212 e. The van der Waals surface area contributed by atoms with Crippen LogP contribution in [0.15, 0.2) is 0 Å². The third-order valence-corrected chi connectivity index (χ3v) is 4.61. The first kappa shape index (κ1) is 13.9. The second-order valence-corrected chi connectivity index (χ2v) is 7.88. The van der Waals surface area contributed by atoms with Crippen molar-refractivity contribution in [1.82, 2.24) is 4.72 Å². The Balaban J connectivity index is 2.48. The maximum atomic E-state index is 11.7. The summed E-state index contributed by atoms with van der Waals surface area (Å²) in [6, 6.07) is 0. The van der Waals surface area contributed by atoms with Gasteiger partial charge in [-0.2, -0.15) is 0 Å². The van der Waals surface area contributed by atoms with Crippen LogP contribution in [0.25, 0.3) is 0 Å². The van der Waals surface area contributed by atoms with E-state index in [1.807, 2.05) is 20.8 Å². The molecule has 2 N–H and O–H groups in total. The Hall–Kier alpha value is -0.130. The standard InChI is InChI=1S/C11H23NO3S/c1-10(2,3)9-16(14,15)12-8-11(13)6-4-5-7-11/h12-13H,4-9H2,1-3H3. The maximum absolute atomic E-state index is 11.7. The first-order valence-corrected chi connectivity index (χ1v) is 7.47.